The van der Waals surface area contributed by atoms with Gasteiger partial charge in [0.25, 0.3) is 0 Å². The van der Waals surface area contributed by atoms with Gasteiger partial charge in [0, 0.05) is 12.2 Å². The first kappa shape index (κ1) is 12.8. The van der Waals surface area contributed by atoms with Crippen LogP contribution in [0.3, 0.4) is 0 Å². The molecular weight excluding hydrogens is 249 g/mol. The maximum Gasteiger partial charge on any atom is 0.433 e. The van der Waals surface area contributed by atoms with Crippen molar-refractivity contribution < 1.29 is 23.1 Å². The van der Waals surface area contributed by atoms with Crippen molar-refractivity contribution in [2.75, 3.05) is 0 Å². The SMILES string of the molecule is NC1CC(C(=O)O)(c2ccc(C(F)(F)F)nc2)C1. The second-order valence-electron chi connectivity index (χ2n) is 4.49. The zero-order chi connectivity index (χ0) is 13.6. The summed E-state index contributed by atoms with van der Waals surface area (Å²) in [4.78, 5) is 14.5. The third-order valence-electron chi connectivity index (χ3n) is 3.24. The van der Waals surface area contributed by atoms with E-state index in [4.69, 9.17) is 5.73 Å². The van der Waals surface area contributed by atoms with Crippen LogP contribution in [0.5, 0.6) is 0 Å². The van der Waals surface area contributed by atoms with Gasteiger partial charge < -0.3 is 10.8 Å². The van der Waals surface area contributed by atoms with Crippen LogP contribution in [0.25, 0.3) is 0 Å². The van der Waals surface area contributed by atoms with Crippen LogP contribution in [-0.2, 0) is 16.4 Å². The van der Waals surface area contributed by atoms with Crippen molar-refractivity contribution in [1.82, 2.24) is 4.98 Å². The van der Waals surface area contributed by atoms with E-state index >= 15 is 0 Å². The van der Waals surface area contributed by atoms with Gasteiger partial charge in [-0.25, -0.2) is 0 Å². The van der Waals surface area contributed by atoms with E-state index in [1.54, 1.807) is 0 Å². The Morgan fingerprint density at radius 3 is 2.39 bits per heavy atom. The van der Waals surface area contributed by atoms with Crippen LogP contribution in [-0.4, -0.2) is 22.1 Å². The maximum absolute atomic E-state index is 12.3. The van der Waals surface area contributed by atoms with Gasteiger partial charge in [-0.15, -0.1) is 0 Å². The number of pyridine rings is 1. The minimum Gasteiger partial charge on any atom is -0.481 e. The lowest BCUT2D eigenvalue weighted by molar-refractivity contribution is -0.148. The van der Waals surface area contributed by atoms with Crippen LogP contribution < -0.4 is 5.73 Å². The fourth-order valence-electron chi connectivity index (χ4n) is 2.21. The van der Waals surface area contributed by atoms with Crippen LogP contribution in [0.4, 0.5) is 13.2 Å². The number of hydrogen-bond acceptors (Lipinski definition) is 3. The third-order valence-corrected chi connectivity index (χ3v) is 3.24. The van der Waals surface area contributed by atoms with Gasteiger partial charge in [-0.05, 0) is 24.5 Å². The van der Waals surface area contributed by atoms with E-state index in [9.17, 15) is 23.1 Å². The van der Waals surface area contributed by atoms with Crippen molar-refractivity contribution in [2.45, 2.75) is 30.5 Å². The Morgan fingerprint density at radius 2 is 2.06 bits per heavy atom. The second kappa shape index (κ2) is 3.94. The summed E-state index contributed by atoms with van der Waals surface area (Å²) in [6.45, 7) is 0. The topological polar surface area (TPSA) is 76.2 Å². The van der Waals surface area contributed by atoms with Gasteiger partial charge >= 0.3 is 12.1 Å². The van der Waals surface area contributed by atoms with Crippen LogP contribution in [0.2, 0.25) is 0 Å². The highest BCUT2D eigenvalue weighted by atomic mass is 19.4. The standard InChI is InChI=1S/C11H11F3N2O2/c12-11(13,14)8-2-1-6(5-16-8)10(9(17)18)3-7(15)4-10/h1-2,5,7H,3-4,15H2,(H,17,18). The van der Waals surface area contributed by atoms with Crippen molar-refractivity contribution in [2.24, 2.45) is 5.73 Å². The molecule has 1 fully saturated rings. The van der Waals surface area contributed by atoms with Gasteiger partial charge in [0.05, 0.1) is 5.41 Å². The molecule has 7 heteroatoms. The molecule has 0 spiro atoms. The molecule has 0 atom stereocenters. The average Bonchev–Trinajstić information content (AvgIpc) is 2.23. The summed E-state index contributed by atoms with van der Waals surface area (Å²) in [5.41, 5.74) is 3.62. The molecule has 1 aromatic heterocycles. The molecule has 98 valence electrons. The highest BCUT2D eigenvalue weighted by molar-refractivity contribution is 5.83. The Labute approximate surface area is 101 Å². The number of nitrogens with zero attached hydrogens (tertiary/aromatic N) is 1. The van der Waals surface area contributed by atoms with E-state index < -0.39 is 23.3 Å². The number of nitrogens with two attached hydrogens (primary N) is 1. The zero-order valence-corrected chi connectivity index (χ0v) is 9.24. The Balaban J connectivity index is 2.32. The Hall–Kier alpha value is -1.63. The molecule has 0 aromatic carbocycles. The molecular formula is C11H11F3N2O2. The summed E-state index contributed by atoms with van der Waals surface area (Å²) in [6.07, 6.45) is -3.11. The molecule has 3 N–H and O–H groups in total. The molecule has 0 radical (unpaired) electrons. The summed E-state index contributed by atoms with van der Waals surface area (Å²) >= 11 is 0. The normalized spacial score (nSPS) is 27.7. The minimum absolute atomic E-state index is 0.218. The van der Waals surface area contributed by atoms with Gasteiger partial charge in [0.2, 0.25) is 0 Å². The fourth-order valence-corrected chi connectivity index (χ4v) is 2.21. The fraction of sp³-hybridized carbons (Fsp3) is 0.455. The van der Waals surface area contributed by atoms with Gasteiger partial charge in [0.15, 0.2) is 0 Å². The summed E-state index contributed by atoms with van der Waals surface area (Å²) in [7, 11) is 0. The van der Waals surface area contributed by atoms with E-state index in [0.717, 1.165) is 18.3 Å². The number of aromatic nitrogens is 1. The number of aliphatic carboxylic acids is 1. The largest absolute Gasteiger partial charge is 0.481 e. The lowest BCUT2D eigenvalue weighted by Gasteiger charge is -2.42. The smallest absolute Gasteiger partial charge is 0.433 e. The number of halogens is 3. The summed E-state index contributed by atoms with van der Waals surface area (Å²) in [5.74, 6) is -1.08. The number of hydrogen-bond donors (Lipinski definition) is 2. The Kier molecular flexibility index (Phi) is 2.81. The van der Waals surface area contributed by atoms with Crippen LogP contribution in [0, 0.1) is 0 Å². The van der Waals surface area contributed by atoms with E-state index in [0.29, 0.717) is 0 Å². The van der Waals surface area contributed by atoms with Crippen molar-refractivity contribution in [3.63, 3.8) is 0 Å². The van der Waals surface area contributed by atoms with Crippen molar-refractivity contribution in [1.29, 1.82) is 0 Å². The highest BCUT2D eigenvalue weighted by Gasteiger charge is 2.50. The average molecular weight is 260 g/mol. The molecule has 0 saturated heterocycles. The minimum atomic E-state index is -4.52. The lowest BCUT2D eigenvalue weighted by Crippen LogP contribution is -2.54. The molecule has 1 aliphatic carbocycles. The lowest BCUT2D eigenvalue weighted by atomic mass is 9.62. The van der Waals surface area contributed by atoms with Crippen molar-refractivity contribution in [3.05, 3.63) is 29.6 Å². The van der Waals surface area contributed by atoms with Crippen molar-refractivity contribution >= 4 is 5.97 Å². The molecule has 18 heavy (non-hydrogen) atoms. The van der Waals surface area contributed by atoms with E-state index in [1.807, 2.05) is 0 Å². The predicted molar refractivity (Wildman–Crippen MR) is 55.8 cm³/mol. The van der Waals surface area contributed by atoms with Gasteiger partial charge in [0.1, 0.15) is 5.69 Å². The molecule has 0 amide bonds. The molecule has 2 rings (SSSR count). The molecule has 1 aliphatic rings. The zero-order valence-electron chi connectivity index (χ0n) is 9.24. The molecule has 0 aliphatic heterocycles. The van der Waals surface area contributed by atoms with E-state index in [1.165, 1.54) is 0 Å². The second-order valence-corrected chi connectivity index (χ2v) is 4.49. The molecule has 1 saturated carbocycles. The number of rotatable bonds is 2. The van der Waals surface area contributed by atoms with Crippen LogP contribution >= 0.6 is 0 Å². The highest BCUT2D eigenvalue weighted by Crippen LogP contribution is 2.43. The summed E-state index contributed by atoms with van der Waals surface area (Å²) in [5, 5.41) is 9.18. The van der Waals surface area contributed by atoms with Crippen LogP contribution in [0.15, 0.2) is 18.3 Å². The summed E-state index contributed by atoms with van der Waals surface area (Å²) < 4.78 is 37.0. The molecule has 0 bridgehead atoms. The molecule has 1 aromatic rings. The third kappa shape index (κ3) is 1.94. The Bertz CT molecular complexity index is 464. The van der Waals surface area contributed by atoms with Gasteiger partial charge in [-0.1, -0.05) is 6.07 Å². The first-order valence-electron chi connectivity index (χ1n) is 5.28. The molecule has 4 nitrogen and oxygen atoms in total. The van der Waals surface area contributed by atoms with Crippen LogP contribution in [0.1, 0.15) is 24.1 Å². The summed E-state index contributed by atoms with van der Waals surface area (Å²) in [6, 6.07) is 1.73. The monoisotopic (exact) mass is 260 g/mol. The quantitative estimate of drug-likeness (QED) is 0.845. The number of carboxylic acids is 1. The first-order chi connectivity index (χ1) is 8.25. The van der Waals surface area contributed by atoms with Crippen molar-refractivity contribution in [3.8, 4) is 0 Å². The van der Waals surface area contributed by atoms with E-state index in [2.05, 4.69) is 4.98 Å². The Morgan fingerprint density at radius 1 is 1.44 bits per heavy atom. The number of carbonyl (C=O) groups is 1. The van der Waals surface area contributed by atoms with Gasteiger partial charge in [-0.2, -0.15) is 13.2 Å². The predicted octanol–water partition coefficient (Wildman–Crippen LogP) is 1.54. The number of carboxylic acid groups (broad SMARTS) is 1. The maximum atomic E-state index is 12.3. The number of alkyl halides is 3. The molecule has 0 unspecified atom stereocenters. The first-order valence-corrected chi connectivity index (χ1v) is 5.28. The van der Waals surface area contributed by atoms with Gasteiger partial charge in [-0.3, -0.25) is 9.78 Å². The van der Waals surface area contributed by atoms with E-state index in [-0.39, 0.29) is 24.4 Å². The molecule has 1 heterocycles.